The number of fused-ring (bicyclic) bond motifs is 2. The number of benzene rings is 1. The highest BCUT2D eigenvalue weighted by Gasteiger charge is 2.48. The number of hydrogen-bond acceptors (Lipinski definition) is 7. The van der Waals surface area contributed by atoms with Crippen molar-refractivity contribution in [2.24, 2.45) is 7.05 Å². The minimum absolute atomic E-state index is 0.0282. The number of alkyl halides is 3. The number of carbonyl (C=O) groups is 1. The van der Waals surface area contributed by atoms with Gasteiger partial charge in [0, 0.05) is 64.1 Å². The molecule has 0 bridgehead atoms. The Hall–Kier alpha value is -2.68. The molecule has 2 fully saturated rings. The zero-order chi connectivity index (χ0) is 29.4. The van der Waals surface area contributed by atoms with Gasteiger partial charge in [-0.2, -0.15) is 17.5 Å². The summed E-state index contributed by atoms with van der Waals surface area (Å²) in [5.74, 6) is 0.297. The normalized spacial score (nSPS) is 25.1. The summed E-state index contributed by atoms with van der Waals surface area (Å²) in [5.41, 5.74) is -1.77. The Morgan fingerprint density at radius 3 is 2.63 bits per heavy atom. The standard InChI is InChI=1S/C27H36F3N5O5S/c1-3-13-39-20-16-21-25(36)32-26(6-10-34(11-7-26)18-24-31-9-12-33(24)2)8-14-40-22-5-4-19(27(28,29)30)15-23(22)41(37,38)35(21)17-20/h4-5,9,12,15,20-21H,3,6-8,10-11,13-14,16-18H2,1-2H3,(H,32,36)/t20-,21+/m1/s1. The summed E-state index contributed by atoms with van der Waals surface area (Å²) in [6, 6.07) is 1.35. The van der Waals surface area contributed by atoms with Crippen molar-refractivity contribution in [3.8, 4) is 5.75 Å². The van der Waals surface area contributed by atoms with E-state index in [0.29, 0.717) is 58.0 Å². The third-order valence-corrected chi connectivity index (χ3v) is 10.2. The minimum atomic E-state index is -4.75. The number of hydrogen-bond donors (Lipinski definition) is 1. The van der Waals surface area contributed by atoms with Crippen LogP contribution < -0.4 is 10.1 Å². The molecule has 1 N–H and O–H groups in total. The first-order valence-electron chi connectivity index (χ1n) is 13.9. The lowest BCUT2D eigenvalue weighted by Gasteiger charge is -2.43. The molecule has 1 spiro atoms. The van der Waals surface area contributed by atoms with Gasteiger partial charge >= 0.3 is 6.18 Å². The summed E-state index contributed by atoms with van der Waals surface area (Å²) in [4.78, 5) is 19.9. The number of carbonyl (C=O) groups excluding carboxylic acids is 1. The van der Waals surface area contributed by atoms with E-state index in [1.165, 1.54) is 0 Å². The third kappa shape index (κ3) is 6.25. The molecule has 2 atom stereocenters. The number of ether oxygens (including phenoxy) is 2. The summed E-state index contributed by atoms with van der Waals surface area (Å²) in [5, 5.41) is 3.16. The van der Waals surface area contributed by atoms with Crippen LogP contribution in [0.2, 0.25) is 0 Å². The Morgan fingerprint density at radius 1 is 1.22 bits per heavy atom. The number of sulfonamides is 1. The molecule has 0 unspecified atom stereocenters. The van der Waals surface area contributed by atoms with Crippen molar-refractivity contribution in [3.63, 3.8) is 0 Å². The summed E-state index contributed by atoms with van der Waals surface area (Å²) in [6.07, 6.45) is 0.702. The summed E-state index contributed by atoms with van der Waals surface area (Å²) < 4.78 is 83.2. The van der Waals surface area contributed by atoms with E-state index in [1.807, 2.05) is 24.7 Å². The molecule has 4 heterocycles. The average Bonchev–Trinajstić information content (AvgIpc) is 3.54. The smallest absolute Gasteiger partial charge is 0.416 e. The second-order valence-electron chi connectivity index (χ2n) is 11.1. The second-order valence-corrected chi connectivity index (χ2v) is 12.9. The van der Waals surface area contributed by atoms with E-state index < -0.39 is 50.3 Å². The van der Waals surface area contributed by atoms with E-state index in [4.69, 9.17) is 9.47 Å². The van der Waals surface area contributed by atoms with Crippen LogP contribution in [-0.2, 0) is 39.3 Å². The Bertz CT molecular complexity index is 1360. The van der Waals surface area contributed by atoms with Crippen LogP contribution in [-0.4, -0.2) is 83.6 Å². The largest absolute Gasteiger partial charge is 0.492 e. The number of aryl methyl sites for hydroxylation is 1. The van der Waals surface area contributed by atoms with Gasteiger partial charge in [-0.3, -0.25) is 9.69 Å². The fourth-order valence-electron chi connectivity index (χ4n) is 5.84. The number of piperidine rings is 1. The quantitative estimate of drug-likeness (QED) is 0.564. The zero-order valence-electron chi connectivity index (χ0n) is 23.2. The van der Waals surface area contributed by atoms with Crippen LogP contribution in [0.5, 0.6) is 5.75 Å². The van der Waals surface area contributed by atoms with E-state index in [-0.39, 0.29) is 25.3 Å². The molecule has 0 saturated carbocycles. The molecule has 10 nitrogen and oxygen atoms in total. The lowest BCUT2D eigenvalue weighted by Crippen LogP contribution is -2.59. The van der Waals surface area contributed by atoms with Crippen molar-refractivity contribution in [1.29, 1.82) is 0 Å². The van der Waals surface area contributed by atoms with Gasteiger partial charge in [0.25, 0.3) is 0 Å². The maximum atomic E-state index is 13.9. The molecule has 1 aromatic heterocycles. The maximum Gasteiger partial charge on any atom is 0.416 e. The monoisotopic (exact) mass is 599 g/mol. The van der Waals surface area contributed by atoms with Crippen LogP contribution >= 0.6 is 0 Å². The molecule has 0 aliphatic carbocycles. The van der Waals surface area contributed by atoms with Crippen LogP contribution in [0.4, 0.5) is 13.2 Å². The molecule has 14 heteroatoms. The van der Waals surface area contributed by atoms with Gasteiger partial charge in [0.15, 0.2) is 0 Å². The molecule has 41 heavy (non-hydrogen) atoms. The Kier molecular flexibility index (Phi) is 8.39. The summed E-state index contributed by atoms with van der Waals surface area (Å²) in [6.45, 7) is 4.18. The summed E-state index contributed by atoms with van der Waals surface area (Å²) in [7, 11) is -2.61. The lowest BCUT2D eigenvalue weighted by atomic mass is 9.84. The van der Waals surface area contributed by atoms with Crippen LogP contribution in [0.25, 0.3) is 0 Å². The number of imidazole rings is 1. The molecule has 5 rings (SSSR count). The van der Waals surface area contributed by atoms with E-state index in [0.717, 1.165) is 22.3 Å². The molecular formula is C27H36F3N5O5S. The van der Waals surface area contributed by atoms with E-state index in [2.05, 4.69) is 15.2 Å². The Balaban J connectivity index is 1.46. The second kappa shape index (κ2) is 11.5. The van der Waals surface area contributed by atoms with Gasteiger partial charge in [-0.25, -0.2) is 13.4 Å². The van der Waals surface area contributed by atoms with E-state index in [9.17, 15) is 26.4 Å². The van der Waals surface area contributed by atoms with E-state index >= 15 is 0 Å². The molecule has 1 aromatic carbocycles. The first kappa shape index (κ1) is 29.8. The lowest BCUT2D eigenvalue weighted by molar-refractivity contribution is -0.137. The van der Waals surface area contributed by atoms with Gasteiger partial charge in [0.05, 0.1) is 24.8 Å². The summed E-state index contributed by atoms with van der Waals surface area (Å²) >= 11 is 0. The first-order chi connectivity index (χ1) is 19.4. The Labute approximate surface area is 237 Å². The molecule has 2 aromatic rings. The molecular weight excluding hydrogens is 563 g/mol. The maximum absolute atomic E-state index is 13.9. The topological polar surface area (TPSA) is 106 Å². The average molecular weight is 600 g/mol. The fraction of sp³-hybridized carbons (Fsp3) is 0.630. The number of aromatic nitrogens is 2. The van der Waals surface area contributed by atoms with Crippen LogP contribution in [0.1, 0.15) is 50.4 Å². The SMILES string of the molecule is CCCO[C@@H]1C[C@H]2C(=O)NC3(CCOc4ccc(C(F)(F)F)cc4S(=O)(=O)N2C1)CCN(Cc1nccn1C)CC3. The molecule has 226 valence electrons. The highest BCUT2D eigenvalue weighted by molar-refractivity contribution is 7.89. The number of likely N-dealkylation sites (tertiary alicyclic amines) is 1. The highest BCUT2D eigenvalue weighted by Crippen LogP contribution is 2.39. The molecule has 2 saturated heterocycles. The first-order valence-corrected chi connectivity index (χ1v) is 15.3. The van der Waals surface area contributed by atoms with Gasteiger partial charge in [-0.1, -0.05) is 6.92 Å². The third-order valence-electron chi connectivity index (χ3n) is 8.26. The molecule has 3 aliphatic rings. The fourth-order valence-corrected chi connectivity index (χ4v) is 7.62. The van der Waals surface area contributed by atoms with Crippen LogP contribution in [0, 0.1) is 0 Å². The van der Waals surface area contributed by atoms with Crippen molar-refractivity contribution < 1.29 is 35.9 Å². The van der Waals surface area contributed by atoms with Gasteiger partial charge in [0.2, 0.25) is 15.9 Å². The van der Waals surface area contributed by atoms with Gasteiger partial charge in [-0.05, 0) is 37.5 Å². The van der Waals surface area contributed by atoms with Gasteiger partial charge in [-0.15, -0.1) is 0 Å². The van der Waals surface area contributed by atoms with Gasteiger partial charge in [0.1, 0.15) is 22.5 Å². The number of amides is 1. The number of rotatable bonds is 5. The minimum Gasteiger partial charge on any atom is -0.492 e. The molecule has 1 amide bonds. The van der Waals surface area contributed by atoms with Crippen molar-refractivity contribution in [3.05, 3.63) is 42.0 Å². The van der Waals surface area contributed by atoms with Crippen molar-refractivity contribution in [2.45, 2.75) is 74.3 Å². The number of nitrogens with one attached hydrogen (secondary N) is 1. The van der Waals surface area contributed by atoms with Crippen molar-refractivity contribution in [2.75, 3.05) is 32.8 Å². The van der Waals surface area contributed by atoms with E-state index in [1.54, 1.807) is 6.20 Å². The molecule has 0 radical (unpaired) electrons. The predicted octanol–water partition coefficient (Wildman–Crippen LogP) is 2.93. The predicted molar refractivity (Wildman–Crippen MR) is 142 cm³/mol. The zero-order valence-corrected chi connectivity index (χ0v) is 24.0. The van der Waals surface area contributed by atoms with Crippen LogP contribution in [0.3, 0.4) is 0 Å². The van der Waals surface area contributed by atoms with Crippen molar-refractivity contribution in [1.82, 2.24) is 24.1 Å². The van der Waals surface area contributed by atoms with Crippen molar-refractivity contribution >= 4 is 15.9 Å². The van der Waals surface area contributed by atoms with Gasteiger partial charge < -0.3 is 19.4 Å². The molecule has 3 aliphatic heterocycles. The highest BCUT2D eigenvalue weighted by atomic mass is 32.2. The number of nitrogens with zero attached hydrogens (tertiary/aromatic N) is 4. The van der Waals surface area contributed by atoms with Crippen LogP contribution in [0.15, 0.2) is 35.5 Å². The number of halogens is 3. The Morgan fingerprint density at radius 2 is 1.98 bits per heavy atom.